The average molecular weight is 438 g/mol. The van der Waals surface area contributed by atoms with Crippen molar-refractivity contribution in [1.82, 2.24) is 14.9 Å². The summed E-state index contributed by atoms with van der Waals surface area (Å²) in [6.07, 6.45) is 1.84. The lowest BCUT2D eigenvalue weighted by atomic mass is 9.89. The van der Waals surface area contributed by atoms with Gasteiger partial charge in [0.2, 0.25) is 15.9 Å². The largest absolute Gasteiger partial charge is 0.352 e. The van der Waals surface area contributed by atoms with Crippen molar-refractivity contribution >= 4 is 21.8 Å². The summed E-state index contributed by atoms with van der Waals surface area (Å²) in [5, 5.41) is 5.43. The molecule has 2 rings (SSSR count). The molecule has 7 nitrogen and oxygen atoms in total. The molecule has 8 heteroatoms. The molecule has 1 aliphatic rings. The van der Waals surface area contributed by atoms with Crippen molar-refractivity contribution in [3.63, 3.8) is 0 Å². The molecule has 2 N–H and O–H groups in total. The van der Waals surface area contributed by atoms with Crippen LogP contribution < -0.4 is 10.6 Å². The van der Waals surface area contributed by atoms with Crippen LogP contribution in [0.25, 0.3) is 0 Å². The van der Waals surface area contributed by atoms with Crippen molar-refractivity contribution in [2.24, 2.45) is 5.92 Å². The van der Waals surface area contributed by atoms with Gasteiger partial charge in [0.05, 0.1) is 5.25 Å². The van der Waals surface area contributed by atoms with Crippen LogP contribution in [0.5, 0.6) is 0 Å². The summed E-state index contributed by atoms with van der Waals surface area (Å²) in [6, 6.07) is 6.56. The number of hydrogen-bond acceptors (Lipinski definition) is 4. The second kappa shape index (κ2) is 10.4. The summed E-state index contributed by atoms with van der Waals surface area (Å²) < 4.78 is 26.4. The van der Waals surface area contributed by atoms with Crippen LogP contribution in [0.2, 0.25) is 0 Å². The van der Waals surface area contributed by atoms with Gasteiger partial charge in [-0.2, -0.15) is 0 Å². The summed E-state index contributed by atoms with van der Waals surface area (Å²) in [4.78, 5) is 25.9. The molecule has 30 heavy (non-hydrogen) atoms. The summed E-state index contributed by atoms with van der Waals surface area (Å²) in [5.41, 5.74) is 1.38. The predicted molar refractivity (Wildman–Crippen MR) is 119 cm³/mol. The Hall–Kier alpha value is -1.93. The van der Waals surface area contributed by atoms with Crippen molar-refractivity contribution in [2.45, 2.75) is 71.2 Å². The fourth-order valence-corrected chi connectivity index (χ4v) is 4.96. The molecule has 0 saturated carbocycles. The van der Waals surface area contributed by atoms with Gasteiger partial charge in [-0.15, -0.1) is 0 Å². The van der Waals surface area contributed by atoms with Crippen molar-refractivity contribution in [3.8, 4) is 0 Å². The molecule has 1 aromatic rings. The topological polar surface area (TPSA) is 95.6 Å². The van der Waals surface area contributed by atoms with Crippen LogP contribution in [0.4, 0.5) is 0 Å². The third-order valence-corrected chi connectivity index (χ3v) is 8.16. The number of nitrogens with zero attached hydrogens (tertiary/aromatic N) is 1. The highest BCUT2D eigenvalue weighted by Gasteiger charge is 2.37. The van der Waals surface area contributed by atoms with Crippen LogP contribution in [0, 0.1) is 12.8 Å². The average Bonchev–Trinajstić information content (AvgIpc) is 2.71. The molecule has 0 aliphatic carbocycles. The molecule has 2 atom stereocenters. The van der Waals surface area contributed by atoms with Crippen LogP contribution in [-0.2, 0) is 14.8 Å². The summed E-state index contributed by atoms with van der Waals surface area (Å²) in [7, 11) is -3.32. The molecule has 1 heterocycles. The number of sulfonamides is 1. The minimum Gasteiger partial charge on any atom is -0.352 e. The first-order valence-corrected chi connectivity index (χ1v) is 12.2. The van der Waals surface area contributed by atoms with E-state index in [1.54, 1.807) is 26.0 Å². The smallest absolute Gasteiger partial charge is 0.252 e. The Labute approximate surface area is 180 Å². The minimum absolute atomic E-state index is 0.00299. The quantitative estimate of drug-likeness (QED) is 0.653. The highest BCUT2D eigenvalue weighted by molar-refractivity contribution is 7.89. The number of hydrogen-bond donors (Lipinski definition) is 2. The monoisotopic (exact) mass is 437 g/mol. The highest BCUT2D eigenvalue weighted by Crippen LogP contribution is 2.25. The van der Waals surface area contributed by atoms with Gasteiger partial charge in [0.15, 0.2) is 0 Å². The Morgan fingerprint density at radius 1 is 1.10 bits per heavy atom. The lowest BCUT2D eigenvalue weighted by Crippen LogP contribution is -2.55. The Bertz CT molecular complexity index is 846. The first-order valence-electron chi connectivity index (χ1n) is 10.7. The maximum absolute atomic E-state index is 13.0. The fraction of sp³-hybridized carbons (Fsp3) is 0.636. The first kappa shape index (κ1) is 24.3. The van der Waals surface area contributed by atoms with E-state index in [0.717, 1.165) is 12.0 Å². The Balaban J connectivity index is 2.17. The van der Waals surface area contributed by atoms with E-state index in [-0.39, 0.29) is 23.8 Å². The van der Waals surface area contributed by atoms with E-state index >= 15 is 0 Å². The second-order valence-electron chi connectivity index (χ2n) is 8.41. The van der Waals surface area contributed by atoms with Gasteiger partial charge in [0, 0.05) is 24.7 Å². The minimum atomic E-state index is -3.32. The molecule has 1 fully saturated rings. The number of piperidine rings is 1. The number of nitrogens with one attached hydrogen (secondary N) is 2. The molecule has 1 aliphatic heterocycles. The molecule has 168 valence electrons. The Kier molecular flexibility index (Phi) is 8.43. The van der Waals surface area contributed by atoms with Gasteiger partial charge in [-0.1, -0.05) is 25.1 Å². The van der Waals surface area contributed by atoms with E-state index in [1.165, 1.54) is 4.31 Å². The molecule has 0 radical (unpaired) electrons. The van der Waals surface area contributed by atoms with Crippen LogP contribution in [0.3, 0.4) is 0 Å². The first-order chi connectivity index (χ1) is 14.1. The molecule has 0 bridgehead atoms. The van der Waals surface area contributed by atoms with E-state index in [9.17, 15) is 18.0 Å². The predicted octanol–water partition coefficient (Wildman–Crippen LogP) is 2.46. The van der Waals surface area contributed by atoms with E-state index in [2.05, 4.69) is 10.6 Å². The molecular formula is C22H35N3O4S. The van der Waals surface area contributed by atoms with Crippen molar-refractivity contribution < 1.29 is 18.0 Å². The van der Waals surface area contributed by atoms with Crippen LogP contribution in [0.15, 0.2) is 24.3 Å². The standard InChI is InChI=1S/C22H35N3O4S/c1-6-17(5)23-22(27)20(24-21(26)19-10-8-7-9-16(19)4)18-11-13-25(14-12-18)30(28,29)15(2)3/h7-10,15,17-18,20H,6,11-14H2,1-5H3,(H,23,27)(H,24,26). The normalized spacial score (nSPS) is 18.1. The highest BCUT2D eigenvalue weighted by atomic mass is 32.2. The third kappa shape index (κ3) is 5.82. The Morgan fingerprint density at radius 3 is 2.23 bits per heavy atom. The molecule has 0 spiro atoms. The molecule has 1 aromatic carbocycles. The molecule has 0 aromatic heterocycles. The maximum atomic E-state index is 13.0. The van der Waals surface area contributed by atoms with E-state index in [4.69, 9.17) is 0 Å². The van der Waals surface area contributed by atoms with Crippen molar-refractivity contribution in [1.29, 1.82) is 0 Å². The summed E-state index contributed by atoms with van der Waals surface area (Å²) >= 11 is 0. The molecule has 2 unspecified atom stereocenters. The zero-order chi connectivity index (χ0) is 22.5. The van der Waals surface area contributed by atoms with Crippen molar-refractivity contribution in [3.05, 3.63) is 35.4 Å². The Morgan fingerprint density at radius 2 is 1.70 bits per heavy atom. The molecular weight excluding hydrogens is 402 g/mol. The van der Waals surface area contributed by atoms with Crippen molar-refractivity contribution in [2.75, 3.05) is 13.1 Å². The lowest BCUT2D eigenvalue weighted by Gasteiger charge is -2.36. The zero-order valence-electron chi connectivity index (χ0n) is 18.6. The van der Waals surface area contributed by atoms with Gasteiger partial charge < -0.3 is 10.6 Å². The van der Waals surface area contributed by atoms with Gasteiger partial charge in [0.1, 0.15) is 6.04 Å². The number of amides is 2. The van der Waals surface area contributed by atoms with E-state index in [0.29, 0.717) is 31.5 Å². The zero-order valence-corrected chi connectivity index (χ0v) is 19.5. The third-order valence-electron chi connectivity index (χ3n) is 5.89. The van der Waals surface area contributed by atoms with Gasteiger partial charge >= 0.3 is 0 Å². The molecule has 2 amide bonds. The van der Waals surface area contributed by atoms with Gasteiger partial charge in [-0.3, -0.25) is 9.59 Å². The number of aryl methyl sites for hydroxylation is 1. The van der Waals surface area contributed by atoms with Crippen LogP contribution in [-0.4, -0.2) is 55.0 Å². The lowest BCUT2D eigenvalue weighted by molar-refractivity contribution is -0.125. The van der Waals surface area contributed by atoms with Crippen LogP contribution >= 0.6 is 0 Å². The number of carbonyl (C=O) groups excluding carboxylic acids is 2. The van der Waals surface area contributed by atoms with E-state index in [1.807, 2.05) is 32.9 Å². The second-order valence-corrected chi connectivity index (χ2v) is 10.9. The van der Waals surface area contributed by atoms with Gasteiger partial charge in [0.25, 0.3) is 5.91 Å². The van der Waals surface area contributed by atoms with Crippen LogP contribution in [0.1, 0.15) is 62.9 Å². The number of carbonyl (C=O) groups is 2. The van der Waals surface area contributed by atoms with Gasteiger partial charge in [-0.05, 0) is 64.5 Å². The number of rotatable bonds is 8. The SMILES string of the molecule is CCC(C)NC(=O)C(NC(=O)c1ccccc1C)C1CCN(S(=O)(=O)C(C)C)CC1. The number of benzene rings is 1. The summed E-state index contributed by atoms with van der Waals surface area (Å²) in [6.45, 7) is 9.84. The summed E-state index contributed by atoms with van der Waals surface area (Å²) in [5.74, 6) is -0.619. The molecule has 1 saturated heterocycles. The maximum Gasteiger partial charge on any atom is 0.252 e. The van der Waals surface area contributed by atoms with Gasteiger partial charge in [-0.25, -0.2) is 12.7 Å². The fourth-order valence-electron chi connectivity index (χ4n) is 3.64. The van der Waals surface area contributed by atoms with E-state index < -0.39 is 21.3 Å².